The second-order valence-electron chi connectivity index (χ2n) is 6.24. The van der Waals surface area contributed by atoms with Gasteiger partial charge in [-0.05, 0) is 48.9 Å². The molecule has 4 heteroatoms. The van der Waals surface area contributed by atoms with E-state index in [4.69, 9.17) is 0 Å². The second kappa shape index (κ2) is 11.8. The van der Waals surface area contributed by atoms with Crippen molar-refractivity contribution in [3.63, 3.8) is 0 Å². The molecule has 0 saturated carbocycles. The highest BCUT2D eigenvalue weighted by Gasteiger charge is 2.18. The number of thiol groups is 2. The number of hydrogen-bond donors (Lipinski definition) is 2. The van der Waals surface area contributed by atoms with E-state index in [1.165, 1.54) is 36.8 Å². The number of benzene rings is 1. The molecule has 24 heavy (non-hydrogen) atoms. The van der Waals surface area contributed by atoms with Gasteiger partial charge in [0.2, 0.25) is 0 Å². The maximum absolute atomic E-state index is 12.3. The van der Waals surface area contributed by atoms with Crippen molar-refractivity contribution in [2.45, 2.75) is 65.2 Å². The molecule has 0 aromatic heterocycles. The summed E-state index contributed by atoms with van der Waals surface area (Å²) in [7, 11) is 0. The largest absolute Gasteiger partial charge is 0.293 e. The molecule has 0 heterocycles. The summed E-state index contributed by atoms with van der Waals surface area (Å²) in [5.74, 6) is 0.0768. The molecule has 0 aliphatic heterocycles. The minimum absolute atomic E-state index is 0.0830. The van der Waals surface area contributed by atoms with Gasteiger partial charge in [0.1, 0.15) is 0 Å². The number of carbonyl (C=O) groups excluding carboxylic acids is 2. The molecule has 2 nitrogen and oxygen atoms in total. The SMILES string of the molecule is CCCCCc1cc(C(=O)CS)c(C(=O)CS)cc1CCCCC. The number of hydrogen-bond acceptors (Lipinski definition) is 4. The van der Waals surface area contributed by atoms with E-state index >= 15 is 0 Å². The van der Waals surface area contributed by atoms with Crippen molar-refractivity contribution in [1.82, 2.24) is 0 Å². The fraction of sp³-hybridized carbons (Fsp3) is 0.600. The monoisotopic (exact) mass is 366 g/mol. The van der Waals surface area contributed by atoms with Gasteiger partial charge >= 0.3 is 0 Å². The average molecular weight is 367 g/mol. The first-order valence-corrected chi connectivity index (χ1v) is 10.3. The maximum atomic E-state index is 12.3. The lowest BCUT2D eigenvalue weighted by atomic mass is 9.89. The molecule has 0 fully saturated rings. The molecule has 0 spiro atoms. The Hall–Kier alpha value is -0.740. The topological polar surface area (TPSA) is 34.1 Å². The Morgan fingerprint density at radius 2 is 1.12 bits per heavy atom. The van der Waals surface area contributed by atoms with Gasteiger partial charge in [0.15, 0.2) is 11.6 Å². The average Bonchev–Trinajstić information content (AvgIpc) is 2.61. The van der Waals surface area contributed by atoms with Crippen LogP contribution in [0, 0.1) is 0 Å². The Bertz CT molecular complexity index is 504. The van der Waals surface area contributed by atoms with Crippen LogP contribution in [0.3, 0.4) is 0 Å². The summed E-state index contributed by atoms with van der Waals surface area (Å²) in [6.45, 7) is 4.37. The van der Waals surface area contributed by atoms with Gasteiger partial charge in [0, 0.05) is 11.1 Å². The molecule has 0 bridgehead atoms. The summed E-state index contributed by atoms with van der Waals surface area (Å²) >= 11 is 8.21. The van der Waals surface area contributed by atoms with Crippen molar-refractivity contribution in [1.29, 1.82) is 0 Å². The normalized spacial score (nSPS) is 10.8. The number of rotatable bonds is 12. The van der Waals surface area contributed by atoms with Gasteiger partial charge in [-0.25, -0.2) is 0 Å². The standard InChI is InChI=1S/C20H30O2S2/c1-3-5-7-9-15-11-17(19(21)13-23)18(20(22)14-24)12-16(15)10-8-6-4-2/h11-12,23-24H,3-10,13-14H2,1-2H3. The maximum Gasteiger partial charge on any atom is 0.173 e. The van der Waals surface area contributed by atoms with Gasteiger partial charge in [-0.2, -0.15) is 25.3 Å². The van der Waals surface area contributed by atoms with Gasteiger partial charge in [-0.15, -0.1) is 0 Å². The fourth-order valence-corrected chi connectivity index (χ4v) is 3.26. The lowest BCUT2D eigenvalue weighted by Gasteiger charge is -2.15. The van der Waals surface area contributed by atoms with Crippen LogP contribution >= 0.6 is 25.3 Å². The van der Waals surface area contributed by atoms with E-state index in [9.17, 15) is 9.59 Å². The van der Waals surface area contributed by atoms with Crippen LogP contribution in [-0.2, 0) is 12.8 Å². The molecule has 1 aromatic carbocycles. The van der Waals surface area contributed by atoms with Crippen molar-refractivity contribution in [3.05, 3.63) is 34.4 Å². The zero-order valence-electron chi connectivity index (χ0n) is 14.9. The lowest BCUT2D eigenvalue weighted by Crippen LogP contribution is -2.14. The molecule has 0 amide bonds. The molecule has 0 aliphatic carbocycles. The second-order valence-corrected chi connectivity index (χ2v) is 6.88. The third-order valence-electron chi connectivity index (χ3n) is 4.33. The van der Waals surface area contributed by atoms with Crippen LogP contribution in [0.25, 0.3) is 0 Å². The van der Waals surface area contributed by atoms with Crippen molar-refractivity contribution in [2.24, 2.45) is 0 Å². The minimum Gasteiger partial charge on any atom is -0.293 e. The quantitative estimate of drug-likeness (QED) is 0.296. The summed E-state index contributed by atoms with van der Waals surface area (Å²) in [6.07, 6.45) is 8.88. The molecule has 0 radical (unpaired) electrons. The molecule has 0 atom stereocenters. The summed E-state index contributed by atoms with van der Waals surface area (Å²) in [5, 5.41) is 0. The van der Waals surface area contributed by atoms with E-state index in [1.54, 1.807) is 0 Å². The molecule has 1 aromatic rings. The molecule has 134 valence electrons. The predicted octanol–water partition coefficient (Wildman–Crippen LogP) is 5.38. The highest BCUT2D eigenvalue weighted by molar-refractivity contribution is 7.81. The van der Waals surface area contributed by atoms with Crippen LogP contribution in [0.5, 0.6) is 0 Å². The highest BCUT2D eigenvalue weighted by Crippen LogP contribution is 2.23. The molecule has 0 aliphatic rings. The van der Waals surface area contributed by atoms with Crippen molar-refractivity contribution < 1.29 is 9.59 Å². The molecule has 1 rings (SSSR count). The molecule has 0 saturated heterocycles. The minimum atomic E-state index is -0.0830. The number of carbonyl (C=O) groups is 2. The van der Waals surface area contributed by atoms with Crippen LogP contribution in [0.4, 0.5) is 0 Å². The highest BCUT2D eigenvalue weighted by atomic mass is 32.1. The van der Waals surface area contributed by atoms with Crippen LogP contribution < -0.4 is 0 Å². The zero-order chi connectivity index (χ0) is 17.9. The number of Topliss-reactive ketones (excluding diaryl/α,β-unsaturated/α-hetero) is 2. The van der Waals surface area contributed by atoms with Gasteiger partial charge in [-0.3, -0.25) is 9.59 Å². The van der Waals surface area contributed by atoms with Crippen molar-refractivity contribution >= 4 is 36.8 Å². The Morgan fingerprint density at radius 1 is 0.750 bits per heavy atom. The Labute approximate surface area is 157 Å². The summed E-state index contributed by atoms with van der Waals surface area (Å²) in [5.41, 5.74) is 3.49. The summed E-state index contributed by atoms with van der Waals surface area (Å²) in [4.78, 5) is 24.5. The van der Waals surface area contributed by atoms with Crippen LogP contribution in [0.2, 0.25) is 0 Å². The molecule has 0 unspecified atom stereocenters. The fourth-order valence-electron chi connectivity index (χ4n) is 2.92. The van der Waals surface area contributed by atoms with Crippen LogP contribution in [-0.4, -0.2) is 23.1 Å². The first kappa shape index (κ1) is 21.3. The van der Waals surface area contributed by atoms with E-state index in [0.717, 1.165) is 25.7 Å². The Kier molecular flexibility index (Phi) is 10.4. The van der Waals surface area contributed by atoms with Gasteiger partial charge < -0.3 is 0 Å². The van der Waals surface area contributed by atoms with Crippen LogP contribution in [0.15, 0.2) is 12.1 Å². The van der Waals surface area contributed by atoms with E-state index in [1.807, 2.05) is 12.1 Å². The summed E-state index contributed by atoms with van der Waals surface area (Å²) in [6, 6.07) is 3.90. The Balaban J connectivity index is 3.24. The zero-order valence-corrected chi connectivity index (χ0v) is 16.7. The van der Waals surface area contributed by atoms with Gasteiger partial charge in [0.25, 0.3) is 0 Å². The number of unbranched alkanes of at least 4 members (excludes halogenated alkanes) is 4. The van der Waals surface area contributed by atoms with Gasteiger partial charge in [-0.1, -0.05) is 39.5 Å². The number of ketones is 2. The molecular formula is C20H30O2S2. The number of aryl methyl sites for hydroxylation is 2. The van der Waals surface area contributed by atoms with Crippen molar-refractivity contribution in [2.75, 3.05) is 11.5 Å². The first-order chi connectivity index (χ1) is 11.6. The van der Waals surface area contributed by atoms with Crippen LogP contribution in [0.1, 0.15) is 84.2 Å². The third kappa shape index (κ3) is 6.29. The molecular weight excluding hydrogens is 336 g/mol. The van der Waals surface area contributed by atoms with Gasteiger partial charge in [0.05, 0.1) is 11.5 Å². The Morgan fingerprint density at radius 3 is 1.42 bits per heavy atom. The van der Waals surface area contributed by atoms with E-state index in [2.05, 4.69) is 39.1 Å². The smallest absolute Gasteiger partial charge is 0.173 e. The molecule has 0 N–H and O–H groups in total. The summed E-state index contributed by atoms with van der Waals surface area (Å²) < 4.78 is 0. The lowest BCUT2D eigenvalue weighted by molar-refractivity contribution is 0.0986. The first-order valence-electron chi connectivity index (χ1n) is 9.02. The third-order valence-corrected chi connectivity index (χ3v) is 4.90. The van der Waals surface area contributed by atoms with E-state index in [-0.39, 0.29) is 23.1 Å². The van der Waals surface area contributed by atoms with E-state index in [0.29, 0.717) is 11.1 Å². The van der Waals surface area contributed by atoms with Crippen molar-refractivity contribution in [3.8, 4) is 0 Å². The predicted molar refractivity (Wildman–Crippen MR) is 109 cm³/mol. The van der Waals surface area contributed by atoms with E-state index < -0.39 is 0 Å².